The molecule has 2 heterocycles. The summed E-state index contributed by atoms with van der Waals surface area (Å²) >= 11 is 0. The van der Waals surface area contributed by atoms with Crippen LogP contribution in [0.3, 0.4) is 0 Å². The second-order valence-electron chi connectivity index (χ2n) is 9.19. The number of carboxylic acids is 2. The van der Waals surface area contributed by atoms with E-state index in [2.05, 4.69) is 10.6 Å². The van der Waals surface area contributed by atoms with Crippen molar-refractivity contribution in [2.75, 3.05) is 54.0 Å². The lowest BCUT2D eigenvalue weighted by Crippen LogP contribution is -2.49. The number of nitrogens with one attached hydrogen (secondary N) is 2. The highest BCUT2D eigenvalue weighted by molar-refractivity contribution is 5.75. The Labute approximate surface area is 253 Å². The minimum Gasteiger partial charge on any atom is -0.493 e. The van der Waals surface area contributed by atoms with Crippen molar-refractivity contribution < 1.29 is 68.6 Å². The van der Waals surface area contributed by atoms with E-state index in [1.165, 1.54) is 0 Å². The van der Waals surface area contributed by atoms with Gasteiger partial charge in [0.1, 0.15) is 23.7 Å². The maximum Gasteiger partial charge on any atom is 0.335 e. The fourth-order valence-electron chi connectivity index (χ4n) is 3.48. The first kappa shape index (κ1) is 36.1. The summed E-state index contributed by atoms with van der Waals surface area (Å²) < 4.78 is 32.0. The first-order chi connectivity index (χ1) is 21.1. The molecule has 44 heavy (non-hydrogen) atoms. The van der Waals surface area contributed by atoms with Crippen LogP contribution in [-0.2, 0) is 9.59 Å². The van der Waals surface area contributed by atoms with Gasteiger partial charge in [-0.2, -0.15) is 0 Å². The number of aliphatic hydroxyl groups excluding tert-OH is 4. The molecule has 8 N–H and O–H groups in total. The van der Waals surface area contributed by atoms with Crippen LogP contribution >= 0.6 is 0 Å². The van der Waals surface area contributed by atoms with Crippen LogP contribution in [-0.4, -0.2) is 121 Å². The highest BCUT2D eigenvalue weighted by atomic mass is 16.7. The molecule has 0 aromatic heterocycles. The van der Waals surface area contributed by atoms with Gasteiger partial charge in [0.15, 0.2) is 35.2 Å². The van der Waals surface area contributed by atoms with Crippen LogP contribution in [0, 0.1) is 0 Å². The molecule has 0 bridgehead atoms. The van der Waals surface area contributed by atoms with E-state index in [4.69, 9.17) is 59.1 Å². The summed E-state index contributed by atoms with van der Waals surface area (Å²) in [5.74, 6) is 1.09. The smallest absolute Gasteiger partial charge is 0.335 e. The summed E-state index contributed by atoms with van der Waals surface area (Å²) in [5.41, 5.74) is 0. The van der Waals surface area contributed by atoms with Gasteiger partial charge < -0.3 is 69.7 Å². The number of rotatable bonds is 15. The van der Waals surface area contributed by atoms with E-state index < -0.39 is 36.4 Å². The third-order valence-corrected chi connectivity index (χ3v) is 5.87. The predicted octanol–water partition coefficient (Wildman–Crippen LogP) is -0.594. The second kappa shape index (κ2) is 19.3. The molecule has 0 radical (unpaired) electrons. The normalized spacial score (nSPS) is 15.0. The van der Waals surface area contributed by atoms with Crippen LogP contribution < -0.4 is 39.1 Å². The molecular weight excluding hydrogens is 588 g/mol. The number of carbonyl (C=O) groups is 2. The molecule has 0 aliphatic carbocycles. The van der Waals surface area contributed by atoms with Crippen molar-refractivity contribution in [3.05, 3.63) is 36.4 Å². The number of hydrogen-bond acceptors (Lipinski definition) is 14. The van der Waals surface area contributed by atoms with Gasteiger partial charge in [-0.05, 0) is 64.3 Å². The second-order valence-corrected chi connectivity index (χ2v) is 9.19. The van der Waals surface area contributed by atoms with Crippen molar-refractivity contribution in [1.29, 1.82) is 0 Å². The molecule has 0 fully saturated rings. The van der Waals surface area contributed by atoms with Crippen molar-refractivity contribution in [2.45, 2.75) is 37.3 Å². The van der Waals surface area contributed by atoms with E-state index in [0.29, 0.717) is 26.8 Å². The van der Waals surface area contributed by atoms with Crippen LogP contribution in [0.1, 0.15) is 12.8 Å². The molecule has 4 rings (SSSR count). The molecule has 2 aliphatic heterocycles. The van der Waals surface area contributed by atoms with Crippen molar-refractivity contribution in [3.8, 4) is 34.5 Å². The Morgan fingerprint density at radius 1 is 0.682 bits per heavy atom. The van der Waals surface area contributed by atoms with Crippen molar-refractivity contribution >= 4 is 11.9 Å². The highest BCUT2D eigenvalue weighted by Gasteiger charge is 2.37. The van der Waals surface area contributed by atoms with Gasteiger partial charge in [0.05, 0.1) is 13.2 Å². The Bertz CT molecular complexity index is 1080. The Hall–Kier alpha value is -4.06. The third kappa shape index (κ3) is 11.9. The van der Waals surface area contributed by atoms with Crippen LogP contribution in [0.2, 0.25) is 0 Å². The number of benzene rings is 2. The van der Waals surface area contributed by atoms with E-state index in [1.807, 2.05) is 50.5 Å². The summed E-state index contributed by atoms with van der Waals surface area (Å²) in [6, 6.07) is 11.3. The topological polar surface area (TPSA) is 235 Å². The largest absolute Gasteiger partial charge is 0.493 e. The van der Waals surface area contributed by atoms with E-state index >= 15 is 0 Å². The molecular formula is C28H40N2O14. The molecule has 2 aliphatic rings. The molecule has 0 saturated carbocycles. The Morgan fingerprint density at radius 2 is 1.05 bits per heavy atom. The van der Waals surface area contributed by atoms with Crippen LogP contribution in [0.4, 0.5) is 0 Å². The van der Waals surface area contributed by atoms with Gasteiger partial charge in [-0.15, -0.1) is 0 Å². The molecule has 0 spiro atoms. The lowest BCUT2D eigenvalue weighted by Gasteiger charge is -2.21. The number of aliphatic carboxylic acids is 2. The van der Waals surface area contributed by atoms with E-state index in [1.54, 1.807) is 0 Å². The van der Waals surface area contributed by atoms with E-state index in [0.717, 1.165) is 60.4 Å². The van der Waals surface area contributed by atoms with Gasteiger partial charge in [0.25, 0.3) is 0 Å². The molecule has 4 atom stereocenters. The molecule has 2 aromatic rings. The molecule has 0 unspecified atom stereocenters. The van der Waals surface area contributed by atoms with E-state index in [9.17, 15) is 9.59 Å². The summed E-state index contributed by atoms with van der Waals surface area (Å²) in [4.78, 5) is 20.2. The minimum absolute atomic E-state index is 0.304. The zero-order valence-electron chi connectivity index (χ0n) is 24.4. The summed E-state index contributed by atoms with van der Waals surface area (Å²) in [5, 5.41) is 57.6. The maximum atomic E-state index is 10.1. The Balaban J connectivity index is 0.000000231. The third-order valence-electron chi connectivity index (χ3n) is 5.87. The number of hydrogen-bond donors (Lipinski definition) is 8. The minimum atomic E-state index is -2.36. The number of carboxylic acid groups (broad SMARTS) is 2. The van der Waals surface area contributed by atoms with Crippen molar-refractivity contribution in [2.24, 2.45) is 0 Å². The molecule has 16 heteroatoms. The zero-order valence-corrected chi connectivity index (χ0v) is 24.4. The first-order valence-corrected chi connectivity index (χ1v) is 13.6. The SMILES string of the molecule is CNCCCOc1ccc2c(c1)OCO2.CNCCCOc1ccc2c(c1)OCO2.O=C(O)[C@@H](O)[C@H](O)[C@H](O)[C@@H](O)C(=O)O. The number of aliphatic hydroxyl groups is 4. The van der Waals surface area contributed by atoms with Crippen LogP contribution in [0.25, 0.3) is 0 Å². The molecule has 0 amide bonds. The van der Waals surface area contributed by atoms with E-state index in [-0.39, 0.29) is 0 Å². The maximum absolute atomic E-state index is 10.1. The van der Waals surface area contributed by atoms with Crippen molar-refractivity contribution in [1.82, 2.24) is 10.6 Å². The summed E-state index contributed by atoms with van der Waals surface area (Å²) in [6.07, 6.45) is -7.30. The number of fused-ring (bicyclic) bond motifs is 2. The Kier molecular flexibility index (Phi) is 15.8. The monoisotopic (exact) mass is 628 g/mol. The average Bonchev–Trinajstić information content (AvgIpc) is 3.69. The van der Waals surface area contributed by atoms with Gasteiger partial charge in [-0.3, -0.25) is 0 Å². The quantitative estimate of drug-likeness (QED) is 0.115. The molecule has 2 aromatic carbocycles. The average molecular weight is 629 g/mol. The number of ether oxygens (including phenoxy) is 6. The van der Waals surface area contributed by atoms with Crippen LogP contribution in [0.5, 0.6) is 34.5 Å². The van der Waals surface area contributed by atoms with Gasteiger partial charge >= 0.3 is 11.9 Å². The van der Waals surface area contributed by atoms with Gasteiger partial charge in [0, 0.05) is 12.1 Å². The van der Waals surface area contributed by atoms with Crippen molar-refractivity contribution in [3.63, 3.8) is 0 Å². The zero-order chi connectivity index (χ0) is 32.5. The van der Waals surface area contributed by atoms with Gasteiger partial charge in [-0.25, -0.2) is 9.59 Å². The lowest BCUT2D eigenvalue weighted by atomic mass is 10.0. The Morgan fingerprint density at radius 3 is 1.39 bits per heavy atom. The molecule has 246 valence electrons. The fourth-order valence-corrected chi connectivity index (χ4v) is 3.48. The fraction of sp³-hybridized carbons (Fsp3) is 0.500. The predicted molar refractivity (Wildman–Crippen MR) is 153 cm³/mol. The van der Waals surface area contributed by atoms with Crippen LogP contribution in [0.15, 0.2) is 36.4 Å². The lowest BCUT2D eigenvalue weighted by molar-refractivity contribution is -0.172. The summed E-state index contributed by atoms with van der Waals surface area (Å²) in [7, 11) is 3.86. The molecule has 16 nitrogen and oxygen atoms in total. The highest BCUT2D eigenvalue weighted by Crippen LogP contribution is 2.36. The first-order valence-electron chi connectivity index (χ1n) is 13.6. The van der Waals surface area contributed by atoms with Gasteiger partial charge in [0.2, 0.25) is 13.6 Å². The molecule has 0 saturated heterocycles. The standard InChI is InChI=1S/2C11H15NO3.C6H10O8/c2*1-12-5-2-6-13-9-3-4-10-11(7-9)15-8-14-10;7-1(3(9)5(11)12)2(8)4(10)6(13)14/h2*3-4,7,12H,2,5-6,8H2,1H3;1-4,7-10H,(H,11,12)(H,13,14)/t;;1-,2+,3+,4-. The summed E-state index contributed by atoms with van der Waals surface area (Å²) in [6.45, 7) is 3.95. The van der Waals surface area contributed by atoms with Gasteiger partial charge in [-0.1, -0.05) is 0 Å².